The van der Waals surface area contributed by atoms with Gasteiger partial charge in [-0.2, -0.15) is 0 Å². The Bertz CT molecular complexity index is 404. The lowest BCUT2D eigenvalue weighted by molar-refractivity contribution is 0.348. The van der Waals surface area contributed by atoms with E-state index in [2.05, 4.69) is 16.2 Å². The normalized spacial score (nSPS) is 9.83. The van der Waals surface area contributed by atoms with Crippen molar-refractivity contribution in [1.29, 1.82) is 0 Å². The second-order valence-electron chi connectivity index (χ2n) is 3.43. The third kappa shape index (κ3) is 4.47. The van der Waals surface area contributed by atoms with E-state index < -0.39 is 0 Å². The van der Waals surface area contributed by atoms with E-state index in [0.717, 1.165) is 23.7 Å². The van der Waals surface area contributed by atoms with Gasteiger partial charge in [0.05, 0.1) is 25.7 Å². The first-order valence-corrected chi connectivity index (χ1v) is 6.76. The molecule has 0 unspecified atom stereocenters. The van der Waals surface area contributed by atoms with Crippen molar-refractivity contribution in [1.82, 2.24) is 10.3 Å². The van der Waals surface area contributed by atoms with Crippen molar-refractivity contribution in [3.8, 4) is 23.8 Å². The number of terminal acetylenes is 1. The molecule has 0 saturated carbocycles. The van der Waals surface area contributed by atoms with Gasteiger partial charge in [-0.3, -0.25) is 4.98 Å². The standard InChI is InChI=1S/C13H18N2O2S/c1-4-8-18-9-7-14-10-11-13(17-3)12(16-2)5-6-15-11/h1,5-6,14H,7-10H2,2-3H3. The summed E-state index contributed by atoms with van der Waals surface area (Å²) in [5, 5.41) is 3.30. The number of pyridine rings is 1. The number of nitrogens with zero attached hydrogens (tertiary/aromatic N) is 1. The van der Waals surface area contributed by atoms with Crippen LogP contribution >= 0.6 is 11.8 Å². The Morgan fingerprint density at radius 1 is 1.44 bits per heavy atom. The van der Waals surface area contributed by atoms with Gasteiger partial charge in [0.25, 0.3) is 0 Å². The summed E-state index contributed by atoms with van der Waals surface area (Å²) < 4.78 is 10.5. The van der Waals surface area contributed by atoms with Crippen LogP contribution in [0.1, 0.15) is 5.69 Å². The van der Waals surface area contributed by atoms with Gasteiger partial charge in [-0.25, -0.2) is 0 Å². The summed E-state index contributed by atoms with van der Waals surface area (Å²) in [6.07, 6.45) is 6.89. The van der Waals surface area contributed by atoms with Crippen molar-refractivity contribution in [3.63, 3.8) is 0 Å². The fourth-order valence-electron chi connectivity index (χ4n) is 1.46. The Morgan fingerprint density at radius 3 is 2.94 bits per heavy atom. The quantitative estimate of drug-likeness (QED) is 0.571. The molecule has 0 aliphatic heterocycles. The van der Waals surface area contributed by atoms with Crippen LogP contribution in [0, 0.1) is 12.3 Å². The Hall–Kier alpha value is -1.38. The summed E-state index contributed by atoms with van der Waals surface area (Å²) in [5.74, 6) is 5.71. The summed E-state index contributed by atoms with van der Waals surface area (Å²) in [7, 11) is 3.23. The molecule has 4 nitrogen and oxygen atoms in total. The van der Waals surface area contributed by atoms with Gasteiger partial charge in [-0.05, 0) is 0 Å². The zero-order valence-corrected chi connectivity index (χ0v) is 11.5. The van der Waals surface area contributed by atoms with Crippen LogP contribution in [0.25, 0.3) is 0 Å². The number of thioether (sulfide) groups is 1. The molecule has 0 atom stereocenters. The van der Waals surface area contributed by atoms with Crippen LogP contribution in [0.15, 0.2) is 12.3 Å². The Morgan fingerprint density at radius 2 is 2.28 bits per heavy atom. The average Bonchev–Trinajstić information content (AvgIpc) is 2.42. The third-order valence-electron chi connectivity index (χ3n) is 2.27. The van der Waals surface area contributed by atoms with Crippen molar-refractivity contribution in [2.24, 2.45) is 0 Å². The molecule has 1 heterocycles. The predicted octanol–water partition coefficient (Wildman–Crippen LogP) is 1.55. The van der Waals surface area contributed by atoms with Crippen LogP contribution in [-0.2, 0) is 6.54 Å². The van der Waals surface area contributed by atoms with Gasteiger partial charge in [-0.1, -0.05) is 5.92 Å². The molecule has 1 N–H and O–H groups in total. The zero-order chi connectivity index (χ0) is 13.2. The maximum absolute atomic E-state index is 5.30. The van der Waals surface area contributed by atoms with Crippen molar-refractivity contribution < 1.29 is 9.47 Å². The van der Waals surface area contributed by atoms with Gasteiger partial charge >= 0.3 is 0 Å². The van der Waals surface area contributed by atoms with E-state index >= 15 is 0 Å². The lowest BCUT2D eigenvalue weighted by Gasteiger charge is -2.11. The molecule has 98 valence electrons. The molecule has 0 aliphatic rings. The van der Waals surface area contributed by atoms with E-state index in [0.29, 0.717) is 18.0 Å². The number of hydrogen-bond acceptors (Lipinski definition) is 5. The molecule has 18 heavy (non-hydrogen) atoms. The molecule has 0 aromatic carbocycles. The SMILES string of the molecule is C#CCSCCNCc1nccc(OC)c1OC. The van der Waals surface area contributed by atoms with Crippen molar-refractivity contribution in [2.45, 2.75) is 6.54 Å². The fourth-order valence-corrected chi connectivity index (χ4v) is 2.01. The second-order valence-corrected chi connectivity index (χ2v) is 4.53. The molecule has 0 aliphatic carbocycles. The highest BCUT2D eigenvalue weighted by Gasteiger charge is 2.09. The van der Waals surface area contributed by atoms with E-state index in [4.69, 9.17) is 15.9 Å². The smallest absolute Gasteiger partial charge is 0.183 e. The number of rotatable bonds is 8. The lowest BCUT2D eigenvalue weighted by Crippen LogP contribution is -2.18. The zero-order valence-electron chi connectivity index (χ0n) is 10.7. The molecule has 0 radical (unpaired) electrons. The van der Waals surface area contributed by atoms with E-state index in [1.54, 1.807) is 38.2 Å². The van der Waals surface area contributed by atoms with E-state index in [9.17, 15) is 0 Å². The monoisotopic (exact) mass is 266 g/mol. The van der Waals surface area contributed by atoms with Gasteiger partial charge in [0.2, 0.25) is 0 Å². The number of methoxy groups -OCH3 is 2. The van der Waals surface area contributed by atoms with Gasteiger partial charge in [0, 0.05) is 31.1 Å². The minimum atomic E-state index is 0.650. The average molecular weight is 266 g/mol. The van der Waals surface area contributed by atoms with Crippen molar-refractivity contribution in [2.75, 3.05) is 32.3 Å². The van der Waals surface area contributed by atoms with E-state index in [-0.39, 0.29) is 0 Å². The van der Waals surface area contributed by atoms with Gasteiger partial charge in [0.1, 0.15) is 0 Å². The summed E-state index contributed by atoms with van der Waals surface area (Å²) in [6.45, 7) is 1.53. The molecule has 5 heteroatoms. The molecule has 1 rings (SSSR count). The number of ether oxygens (including phenoxy) is 2. The van der Waals surface area contributed by atoms with Crippen LogP contribution in [0.5, 0.6) is 11.5 Å². The first kappa shape index (κ1) is 14.7. The number of aromatic nitrogens is 1. The van der Waals surface area contributed by atoms with Crippen molar-refractivity contribution in [3.05, 3.63) is 18.0 Å². The molecule has 0 fully saturated rings. The largest absolute Gasteiger partial charge is 0.493 e. The summed E-state index contributed by atoms with van der Waals surface area (Å²) in [6, 6.07) is 1.78. The molecule has 0 saturated heterocycles. The molecular weight excluding hydrogens is 248 g/mol. The Balaban J connectivity index is 2.44. The van der Waals surface area contributed by atoms with Crippen LogP contribution < -0.4 is 14.8 Å². The summed E-state index contributed by atoms with van der Waals surface area (Å²) in [4.78, 5) is 4.29. The molecule has 1 aromatic heterocycles. The highest BCUT2D eigenvalue weighted by Crippen LogP contribution is 2.28. The predicted molar refractivity (Wildman–Crippen MR) is 75.2 cm³/mol. The molecule has 0 spiro atoms. The minimum absolute atomic E-state index is 0.650. The summed E-state index contributed by atoms with van der Waals surface area (Å²) >= 11 is 1.73. The highest BCUT2D eigenvalue weighted by molar-refractivity contribution is 7.99. The maximum atomic E-state index is 5.30. The molecule has 1 aromatic rings. The molecular formula is C13H18N2O2S. The fraction of sp³-hybridized carbons (Fsp3) is 0.462. The van der Waals surface area contributed by atoms with Gasteiger partial charge < -0.3 is 14.8 Å². The third-order valence-corrected chi connectivity index (χ3v) is 3.13. The molecule has 0 bridgehead atoms. The van der Waals surface area contributed by atoms with E-state index in [1.807, 2.05) is 0 Å². The van der Waals surface area contributed by atoms with Crippen LogP contribution in [0.2, 0.25) is 0 Å². The van der Waals surface area contributed by atoms with Gasteiger partial charge in [-0.15, -0.1) is 18.2 Å². The molecule has 0 amide bonds. The highest BCUT2D eigenvalue weighted by atomic mass is 32.2. The Kier molecular flexibility index (Phi) is 7.07. The van der Waals surface area contributed by atoms with Gasteiger partial charge in [0.15, 0.2) is 11.5 Å². The first-order valence-electron chi connectivity index (χ1n) is 5.61. The maximum Gasteiger partial charge on any atom is 0.183 e. The minimum Gasteiger partial charge on any atom is -0.493 e. The Labute approximate surface area is 112 Å². The van der Waals surface area contributed by atoms with Crippen molar-refractivity contribution >= 4 is 11.8 Å². The topological polar surface area (TPSA) is 43.4 Å². The van der Waals surface area contributed by atoms with Crippen LogP contribution in [0.4, 0.5) is 0 Å². The van der Waals surface area contributed by atoms with Crippen LogP contribution in [0.3, 0.4) is 0 Å². The van der Waals surface area contributed by atoms with Crippen LogP contribution in [-0.4, -0.2) is 37.3 Å². The lowest BCUT2D eigenvalue weighted by atomic mass is 10.3. The summed E-state index contributed by atoms with van der Waals surface area (Å²) in [5.41, 5.74) is 0.846. The second kappa shape index (κ2) is 8.67. The number of hydrogen-bond donors (Lipinski definition) is 1. The van der Waals surface area contributed by atoms with E-state index in [1.165, 1.54) is 0 Å². The number of nitrogens with one attached hydrogen (secondary N) is 1. The first-order chi connectivity index (χ1) is 8.83.